The van der Waals surface area contributed by atoms with Crippen molar-refractivity contribution in [2.75, 3.05) is 14.2 Å². The molecule has 5 heteroatoms. The Labute approximate surface area is 102 Å². The molecule has 0 aliphatic carbocycles. The maximum absolute atomic E-state index is 11.7. The summed E-state index contributed by atoms with van der Waals surface area (Å²) in [4.78, 5) is 19.1. The van der Waals surface area contributed by atoms with Crippen LogP contribution < -0.4 is 0 Å². The maximum Gasteiger partial charge on any atom is 0.358 e. The first-order chi connectivity index (χ1) is 7.96. The molecule has 0 saturated carbocycles. The Morgan fingerprint density at radius 2 is 2.06 bits per heavy atom. The van der Waals surface area contributed by atoms with E-state index in [1.54, 1.807) is 7.11 Å². The molecule has 0 amide bonds. The Kier molecular flexibility index (Phi) is 4.28. The SMILES string of the molecule is CCCc1nc(C(=O)OC)c(C(C)(C)OC)[nH]1. The van der Waals surface area contributed by atoms with Crippen molar-refractivity contribution in [2.45, 2.75) is 39.2 Å². The summed E-state index contributed by atoms with van der Waals surface area (Å²) in [5.74, 6) is 0.344. The first kappa shape index (κ1) is 13.7. The van der Waals surface area contributed by atoms with Crippen molar-refractivity contribution in [2.24, 2.45) is 0 Å². The molecule has 17 heavy (non-hydrogen) atoms. The van der Waals surface area contributed by atoms with Gasteiger partial charge in [0.05, 0.1) is 12.8 Å². The Morgan fingerprint density at radius 1 is 1.41 bits per heavy atom. The van der Waals surface area contributed by atoms with Crippen molar-refractivity contribution in [1.29, 1.82) is 0 Å². The van der Waals surface area contributed by atoms with Crippen LogP contribution in [0, 0.1) is 0 Å². The molecule has 0 fully saturated rings. The van der Waals surface area contributed by atoms with Crippen LogP contribution >= 0.6 is 0 Å². The van der Waals surface area contributed by atoms with Gasteiger partial charge in [0.25, 0.3) is 0 Å². The highest BCUT2D eigenvalue weighted by atomic mass is 16.5. The zero-order chi connectivity index (χ0) is 13.1. The summed E-state index contributed by atoms with van der Waals surface area (Å²) in [6.45, 7) is 5.81. The number of imidazole rings is 1. The van der Waals surface area contributed by atoms with Crippen LogP contribution in [0.3, 0.4) is 0 Å². The van der Waals surface area contributed by atoms with Crippen LogP contribution in [-0.4, -0.2) is 30.2 Å². The summed E-state index contributed by atoms with van der Waals surface area (Å²) in [6.07, 6.45) is 1.75. The van der Waals surface area contributed by atoms with Gasteiger partial charge in [-0.3, -0.25) is 0 Å². The molecule has 0 radical (unpaired) electrons. The third-order valence-corrected chi connectivity index (χ3v) is 2.73. The normalized spacial score (nSPS) is 11.6. The first-order valence-electron chi connectivity index (χ1n) is 5.69. The van der Waals surface area contributed by atoms with Crippen LogP contribution in [0.1, 0.15) is 49.2 Å². The molecule has 1 aromatic heterocycles. The fourth-order valence-electron chi connectivity index (χ4n) is 1.56. The van der Waals surface area contributed by atoms with Crippen LogP contribution in [0.4, 0.5) is 0 Å². The average Bonchev–Trinajstić information content (AvgIpc) is 2.73. The van der Waals surface area contributed by atoms with Crippen molar-refractivity contribution in [3.05, 3.63) is 17.2 Å². The van der Waals surface area contributed by atoms with Gasteiger partial charge in [-0.15, -0.1) is 0 Å². The second-order valence-electron chi connectivity index (χ2n) is 4.36. The number of hydrogen-bond acceptors (Lipinski definition) is 4. The molecule has 0 unspecified atom stereocenters. The average molecular weight is 240 g/mol. The lowest BCUT2D eigenvalue weighted by atomic mass is 10.0. The number of H-pyrrole nitrogens is 1. The second kappa shape index (κ2) is 5.31. The highest BCUT2D eigenvalue weighted by Gasteiger charge is 2.30. The summed E-state index contributed by atoms with van der Waals surface area (Å²) >= 11 is 0. The Balaban J connectivity index is 3.21. The topological polar surface area (TPSA) is 64.2 Å². The molecule has 1 aromatic rings. The predicted molar refractivity (Wildman–Crippen MR) is 64.0 cm³/mol. The number of aryl methyl sites for hydroxylation is 1. The minimum absolute atomic E-state index is 0.308. The van der Waals surface area contributed by atoms with Gasteiger partial charge in [0.2, 0.25) is 0 Å². The molecular weight excluding hydrogens is 220 g/mol. The van der Waals surface area contributed by atoms with Crippen molar-refractivity contribution in [3.63, 3.8) is 0 Å². The van der Waals surface area contributed by atoms with Crippen LogP contribution in [0.15, 0.2) is 0 Å². The number of nitrogens with zero attached hydrogens (tertiary/aromatic N) is 1. The molecule has 0 aliphatic heterocycles. The lowest BCUT2D eigenvalue weighted by Gasteiger charge is -2.22. The number of nitrogens with one attached hydrogen (secondary N) is 1. The van der Waals surface area contributed by atoms with E-state index in [4.69, 9.17) is 9.47 Å². The molecule has 1 rings (SSSR count). The summed E-state index contributed by atoms with van der Waals surface area (Å²) in [5.41, 5.74) is 0.376. The van der Waals surface area contributed by atoms with E-state index in [9.17, 15) is 4.79 Å². The van der Waals surface area contributed by atoms with E-state index >= 15 is 0 Å². The summed E-state index contributed by atoms with van der Waals surface area (Å²) in [6, 6.07) is 0. The van der Waals surface area contributed by atoms with E-state index in [1.807, 2.05) is 13.8 Å². The zero-order valence-electron chi connectivity index (χ0n) is 11.1. The quantitative estimate of drug-likeness (QED) is 0.800. The summed E-state index contributed by atoms with van der Waals surface area (Å²) in [5, 5.41) is 0. The third-order valence-electron chi connectivity index (χ3n) is 2.73. The standard InChI is InChI=1S/C12H20N2O3/c1-6-7-8-13-9(11(15)16-4)10(14-8)12(2,3)17-5/h6-7H2,1-5H3,(H,13,14). The van der Waals surface area contributed by atoms with E-state index < -0.39 is 11.6 Å². The van der Waals surface area contributed by atoms with Crippen molar-refractivity contribution >= 4 is 5.97 Å². The van der Waals surface area contributed by atoms with Crippen LogP contribution in [-0.2, 0) is 21.5 Å². The second-order valence-corrected chi connectivity index (χ2v) is 4.36. The maximum atomic E-state index is 11.7. The van der Waals surface area contributed by atoms with Crippen molar-refractivity contribution < 1.29 is 14.3 Å². The van der Waals surface area contributed by atoms with Crippen LogP contribution in [0.2, 0.25) is 0 Å². The number of aromatic nitrogens is 2. The highest BCUT2D eigenvalue weighted by molar-refractivity contribution is 5.88. The van der Waals surface area contributed by atoms with E-state index in [-0.39, 0.29) is 0 Å². The predicted octanol–water partition coefficient (Wildman–Crippen LogP) is 2.03. The van der Waals surface area contributed by atoms with Crippen LogP contribution in [0.5, 0.6) is 0 Å². The fraction of sp³-hybridized carbons (Fsp3) is 0.667. The van der Waals surface area contributed by atoms with E-state index in [1.165, 1.54) is 7.11 Å². The monoisotopic (exact) mass is 240 g/mol. The third kappa shape index (κ3) is 2.85. The largest absolute Gasteiger partial charge is 0.464 e. The van der Waals surface area contributed by atoms with Gasteiger partial charge in [0.1, 0.15) is 11.4 Å². The van der Waals surface area contributed by atoms with Gasteiger partial charge >= 0.3 is 5.97 Å². The molecule has 0 saturated heterocycles. The highest BCUT2D eigenvalue weighted by Crippen LogP contribution is 2.26. The Hall–Kier alpha value is -1.36. The number of carbonyl (C=O) groups excluding carboxylic acids is 1. The van der Waals surface area contributed by atoms with Crippen molar-refractivity contribution in [1.82, 2.24) is 9.97 Å². The molecule has 0 aliphatic rings. The van der Waals surface area contributed by atoms with Gasteiger partial charge in [-0.2, -0.15) is 0 Å². The van der Waals surface area contributed by atoms with E-state index in [0.717, 1.165) is 18.7 Å². The summed E-state index contributed by atoms with van der Waals surface area (Å²) in [7, 11) is 2.95. The van der Waals surface area contributed by atoms with E-state index in [2.05, 4.69) is 16.9 Å². The molecular formula is C12H20N2O3. The minimum atomic E-state index is -0.595. The molecule has 96 valence electrons. The number of ether oxygens (including phenoxy) is 2. The number of esters is 1. The number of hydrogen-bond donors (Lipinski definition) is 1. The number of rotatable bonds is 5. The summed E-state index contributed by atoms with van der Waals surface area (Å²) < 4.78 is 10.1. The molecule has 5 nitrogen and oxygen atoms in total. The van der Waals surface area contributed by atoms with Gasteiger partial charge < -0.3 is 14.5 Å². The fourth-order valence-corrected chi connectivity index (χ4v) is 1.56. The van der Waals surface area contributed by atoms with E-state index in [0.29, 0.717) is 11.4 Å². The Bertz CT molecular complexity index is 396. The minimum Gasteiger partial charge on any atom is -0.464 e. The van der Waals surface area contributed by atoms with Gasteiger partial charge in [-0.1, -0.05) is 6.92 Å². The van der Waals surface area contributed by atoms with Gasteiger partial charge in [0.15, 0.2) is 5.69 Å². The van der Waals surface area contributed by atoms with Gasteiger partial charge in [0, 0.05) is 13.5 Å². The molecule has 0 bridgehead atoms. The van der Waals surface area contributed by atoms with Crippen molar-refractivity contribution in [3.8, 4) is 0 Å². The molecule has 1 N–H and O–H groups in total. The number of aromatic amines is 1. The number of carbonyl (C=O) groups is 1. The molecule has 0 aromatic carbocycles. The van der Waals surface area contributed by atoms with Gasteiger partial charge in [-0.05, 0) is 20.3 Å². The molecule has 0 atom stereocenters. The molecule has 0 spiro atoms. The lowest BCUT2D eigenvalue weighted by Crippen LogP contribution is -2.23. The van der Waals surface area contributed by atoms with Crippen LogP contribution in [0.25, 0.3) is 0 Å². The van der Waals surface area contributed by atoms with Gasteiger partial charge in [-0.25, -0.2) is 9.78 Å². The molecule has 1 heterocycles. The lowest BCUT2D eigenvalue weighted by molar-refractivity contribution is 0.0137. The zero-order valence-corrected chi connectivity index (χ0v) is 11.1. The first-order valence-corrected chi connectivity index (χ1v) is 5.69. The smallest absolute Gasteiger partial charge is 0.358 e. The Morgan fingerprint density at radius 3 is 2.53 bits per heavy atom. The number of methoxy groups -OCH3 is 2.